The lowest BCUT2D eigenvalue weighted by Gasteiger charge is -2.20. The summed E-state index contributed by atoms with van der Waals surface area (Å²) in [5, 5.41) is 0.357. The Kier molecular flexibility index (Phi) is 5.10. The first kappa shape index (κ1) is 16.2. The fourth-order valence-electron chi connectivity index (χ4n) is 2.84. The highest BCUT2D eigenvalue weighted by atomic mass is 32.2. The van der Waals surface area contributed by atoms with Gasteiger partial charge in [0.25, 0.3) is 0 Å². The first-order valence-corrected chi connectivity index (χ1v) is 8.97. The highest BCUT2D eigenvalue weighted by Gasteiger charge is 2.23. The molecule has 3 rings (SSSR count). The third-order valence-corrected chi connectivity index (χ3v) is 5.48. The summed E-state index contributed by atoms with van der Waals surface area (Å²) < 4.78 is 10.8. The van der Waals surface area contributed by atoms with Crippen molar-refractivity contribution in [3.63, 3.8) is 0 Å². The SMILES string of the molecule is CC(=O)CCC(=O)N1CCSC(c2ccc3c(c2)OCO3)CC1. The lowest BCUT2D eigenvalue weighted by molar-refractivity contribution is -0.132. The molecule has 5 nitrogen and oxygen atoms in total. The summed E-state index contributed by atoms with van der Waals surface area (Å²) in [6.07, 6.45) is 1.58. The van der Waals surface area contributed by atoms with Gasteiger partial charge in [-0.2, -0.15) is 11.8 Å². The van der Waals surface area contributed by atoms with Gasteiger partial charge in [0.15, 0.2) is 11.5 Å². The zero-order valence-electron chi connectivity index (χ0n) is 13.2. The quantitative estimate of drug-likeness (QED) is 0.847. The largest absolute Gasteiger partial charge is 0.454 e. The van der Waals surface area contributed by atoms with Crippen LogP contribution in [0.5, 0.6) is 11.5 Å². The van der Waals surface area contributed by atoms with Crippen LogP contribution in [0.3, 0.4) is 0 Å². The molecule has 0 N–H and O–H groups in total. The van der Waals surface area contributed by atoms with Crippen LogP contribution in [-0.2, 0) is 9.59 Å². The van der Waals surface area contributed by atoms with Crippen LogP contribution in [0.15, 0.2) is 18.2 Å². The molecule has 1 atom stereocenters. The minimum atomic E-state index is 0.0702. The first-order valence-electron chi connectivity index (χ1n) is 7.92. The predicted molar refractivity (Wildman–Crippen MR) is 88.9 cm³/mol. The number of thioether (sulfide) groups is 1. The van der Waals surface area contributed by atoms with Crippen LogP contribution in [-0.4, -0.2) is 42.2 Å². The van der Waals surface area contributed by atoms with Crippen molar-refractivity contribution in [2.24, 2.45) is 0 Å². The molecule has 1 aromatic rings. The lowest BCUT2D eigenvalue weighted by Crippen LogP contribution is -2.33. The molecule has 1 saturated heterocycles. The van der Waals surface area contributed by atoms with E-state index in [4.69, 9.17) is 9.47 Å². The molecule has 1 unspecified atom stereocenters. The zero-order chi connectivity index (χ0) is 16.2. The number of carbonyl (C=O) groups is 2. The van der Waals surface area contributed by atoms with Gasteiger partial charge in [0.1, 0.15) is 5.78 Å². The van der Waals surface area contributed by atoms with Gasteiger partial charge in [0.2, 0.25) is 12.7 Å². The predicted octanol–water partition coefficient (Wildman–Crippen LogP) is 2.79. The van der Waals surface area contributed by atoms with Gasteiger partial charge in [-0.05, 0) is 31.0 Å². The van der Waals surface area contributed by atoms with Crippen molar-refractivity contribution in [2.75, 3.05) is 25.6 Å². The van der Waals surface area contributed by atoms with E-state index >= 15 is 0 Å². The van der Waals surface area contributed by atoms with Crippen molar-refractivity contribution >= 4 is 23.5 Å². The maximum absolute atomic E-state index is 12.2. The topological polar surface area (TPSA) is 55.8 Å². The number of ether oxygens (including phenoxy) is 2. The Labute approximate surface area is 140 Å². The van der Waals surface area contributed by atoms with E-state index in [1.165, 1.54) is 12.5 Å². The minimum absolute atomic E-state index is 0.0702. The Bertz CT molecular complexity index is 604. The summed E-state index contributed by atoms with van der Waals surface area (Å²) in [5.74, 6) is 2.67. The van der Waals surface area contributed by atoms with E-state index in [1.807, 2.05) is 28.8 Å². The van der Waals surface area contributed by atoms with Gasteiger partial charge in [-0.15, -0.1) is 0 Å². The summed E-state index contributed by atoms with van der Waals surface area (Å²) >= 11 is 1.87. The summed E-state index contributed by atoms with van der Waals surface area (Å²) in [7, 11) is 0. The van der Waals surface area contributed by atoms with Gasteiger partial charge in [-0.25, -0.2) is 0 Å². The monoisotopic (exact) mass is 335 g/mol. The standard InChI is InChI=1S/C17H21NO4S/c1-12(19)2-5-17(20)18-7-6-16(23-9-8-18)13-3-4-14-15(10-13)22-11-21-14/h3-4,10,16H,2,5-9,11H2,1H3. The van der Waals surface area contributed by atoms with Crippen LogP contribution in [0.1, 0.15) is 37.0 Å². The van der Waals surface area contributed by atoms with E-state index in [1.54, 1.807) is 0 Å². The molecule has 23 heavy (non-hydrogen) atoms. The number of carbonyl (C=O) groups excluding carboxylic acids is 2. The molecule has 0 radical (unpaired) electrons. The van der Waals surface area contributed by atoms with Gasteiger partial charge in [-0.3, -0.25) is 4.79 Å². The van der Waals surface area contributed by atoms with E-state index in [0.717, 1.165) is 36.8 Å². The summed E-state index contributed by atoms with van der Waals surface area (Å²) in [5.41, 5.74) is 1.22. The number of ketones is 1. The molecule has 1 aromatic carbocycles. The molecule has 1 amide bonds. The van der Waals surface area contributed by atoms with E-state index < -0.39 is 0 Å². The molecule has 2 heterocycles. The third kappa shape index (κ3) is 3.99. The number of benzene rings is 1. The summed E-state index contributed by atoms with van der Waals surface area (Å²) in [6, 6.07) is 6.09. The Morgan fingerprint density at radius 3 is 2.87 bits per heavy atom. The minimum Gasteiger partial charge on any atom is -0.454 e. The van der Waals surface area contributed by atoms with Crippen molar-refractivity contribution in [3.05, 3.63) is 23.8 Å². The molecule has 6 heteroatoms. The maximum Gasteiger partial charge on any atom is 0.231 e. The molecule has 2 aliphatic heterocycles. The van der Waals surface area contributed by atoms with E-state index in [2.05, 4.69) is 6.07 Å². The Morgan fingerprint density at radius 1 is 1.22 bits per heavy atom. The second kappa shape index (κ2) is 7.25. The average Bonchev–Trinajstić information content (AvgIpc) is 2.87. The molecule has 0 bridgehead atoms. The van der Waals surface area contributed by atoms with Crippen LogP contribution in [0.4, 0.5) is 0 Å². The molecular weight excluding hydrogens is 314 g/mol. The molecule has 1 fully saturated rings. The van der Waals surface area contributed by atoms with Crippen molar-refractivity contribution in [3.8, 4) is 11.5 Å². The first-order chi connectivity index (χ1) is 11.1. The smallest absolute Gasteiger partial charge is 0.231 e. The fraction of sp³-hybridized carbons (Fsp3) is 0.529. The van der Waals surface area contributed by atoms with Gasteiger partial charge < -0.3 is 19.2 Å². The van der Waals surface area contributed by atoms with Gasteiger partial charge >= 0.3 is 0 Å². The number of rotatable bonds is 4. The van der Waals surface area contributed by atoms with E-state index in [9.17, 15) is 9.59 Å². The van der Waals surface area contributed by atoms with Gasteiger partial charge in [0, 0.05) is 36.9 Å². The van der Waals surface area contributed by atoms with Gasteiger partial charge in [0.05, 0.1) is 0 Å². The van der Waals surface area contributed by atoms with Crippen molar-refractivity contribution in [1.82, 2.24) is 4.90 Å². The number of nitrogens with zero attached hydrogens (tertiary/aromatic N) is 1. The second-order valence-corrected chi connectivity index (χ2v) is 7.15. The second-order valence-electron chi connectivity index (χ2n) is 5.84. The van der Waals surface area contributed by atoms with Crippen molar-refractivity contribution in [2.45, 2.75) is 31.4 Å². The summed E-state index contributed by atoms with van der Waals surface area (Å²) in [6.45, 7) is 3.31. The number of hydrogen-bond acceptors (Lipinski definition) is 5. The number of amides is 1. The third-order valence-electron chi connectivity index (χ3n) is 4.15. The normalized spacial score (nSPS) is 20.2. The summed E-state index contributed by atoms with van der Waals surface area (Å²) in [4.78, 5) is 25.1. The maximum atomic E-state index is 12.2. The lowest BCUT2D eigenvalue weighted by atomic mass is 10.1. The molecule has 0 saturated carbocycles. The Balaban J connectivity index is 1.60. The highest BCUT2D eigenvalue weighted by molar-refractivity contribution is 7.99. The Hall–Kier alpha value is -1.69. The van der Waals surface area contributed by atoms with Crippen LogP contribution in [0.2, 0.25) is 0 Å². The molecule has 124 valence electrons. The zero-order valence-corrected chi connectivity index (χ0v) is 14.1. The van der Waals surface area contributed by atoms with Crippen molar-refractivity contribution in [1.29, 1.82) is 0 Å². The van der Waals surface area contributed by atoms with Crippen LogP contribution < -0.4 is 9.47 Å². The van der Waals surface area contributed by atoms with Crippen LogP contribution >= 0.6 is 11.8 Å². The number of Topliss-reactive ketones (excluding diaryl/α,β-unsaturated/α-hetero) is 1. The van der Waals surface area contributed by atoms with E-state index in [-0.39, 0.29) is 18.5 Å². The number of fused-ring (bicyclic) bond motifs is 1. The molecule has 0 aromatic heterocycles. The molecule has 0 aliphatic carbocycles. The van der Waals surface area contributed by atoms with E-state index in [0.29, 0.717) is 18.1 Å². The van der Waals surface area contributed by atoms with Crippen LogP contribution in [0, 0.1) is 0 Å². The van der Waals surface area contributed by atoms with Crippen LogP contribution in [0.25, 0.3) is 0 Å². The Morgan fingerprint density at radius 2 is 2.04 bits per heavy atom. The molecule has 2 aliphatic rings. The molecular formula is C17H21NO4S. The average molecular weight is 335 g/mol. The number of hydrogen-bond donors (Lipinski definition) is 0. The van der Waals surface area contributed by atoms with Gasteiger partial charge in [-0.1, -0.05) is 6.07 Å². The highest BCUT2D eigenvalue weighted by Crippen LogP contribution is 2.40. The molecule has 0 spiro atoms. The van der Waals surface area contributed by atoms with Crippen molar-refractivity contribution < 1.29 is 19.1 Å². The fourth-order valence-corrected chi connectivity index (χ4v) is 4.06.